The average molecular weight is 458 g/mol. The number of rotatable bonds is 6. The fraction of sp³-hybridized carbons (Fsp3) is 0.308. The number of carbonyl (C=O) groups is 2. The molecule has 2 aromatic carbocycles. The Morgan fingerprint density at radius 3 is 2.62 bits per heavy atom. The Bertz CT molecular complexity index is 1340. The quantitative estimate of drug-likeness (QED) is 0.441. The van der Waals surface area contributed by atoms with Gasteiger partial charge in [-0.05, 0) is 44.0 Å². The molecule has 0 atom stereocenters. The predicted octanol–water partition coefficient (Wildman–Crippen LogP) is 4.97. The number of hydrogen-bond acceptors (Lipinski definition) is 5. The van der Waals surface area contributed by atoms with Crippen molar-refractivity contribution in [1.82, 2.24) is 19.6 Å². The molecule has 0 bridgehead atoms. The number of nitrogens with zero attached hydrogens (tertiary/aromatic N) is 4. The summed E-state index contributed by atoms with van der Waals surface area (Å²) in [5.74, 6) is 0.205. The Morgan fingerprint density at radius 2 is 1.91 bits per heavy atom. The number of aryl methyl sites for hydroxylation is 1. The first-order valence-electron chi connectivity index (χ1n) is 11.5. The number of nitrogens with one attached hydrogen (secondary N) is 1. The number of amides is 2. The highest BCUT2D eigenvalue weighted by atomic mass is 16.5. The van der Waals surface area contributed by atoms with Crippen LogP contribution in [-0.4, -0.2) is 38.5 Å². The van der Waals surface area contributed by atoms with E-state index in [9.17, 15) is 9.59 Å². The lowest BCUT2D eigenvalue weighted by Crippen LogP contribution is -2.27. The molecule has 5 rings (SSSR count). The normalized spacial score (nSPS) is 13.9. The molecule has 0 unspecified atom stereocenters. The van der Waals surface area contributed by atoms with Crippen LogP contribution in [0.5, 0.6) is 0 Å². The molecule has 2 aromatic heterocycles. The van der Waals surface area contributed by atoms with E-state index in [0.29, 0.717) is 40.7 Å². The van der Waals surface area contributed by atoms with Gasteiger partial charge in [0.1, 0.15) is 0 Å². The van der Waals surface area contributed by atoms with Gasteiger partial charge < -0.3 is 19.3 Å². The maximum Gasteiger partial charge on any atom is 0.256 e. The van der Waals surface area contributed by atoms with Crippen LogP contribution in [-0.2, 0) is 6.54 Å². The average Bonchev–Trinajstić information content (AvgIpc) is 3.59. The summed E-state index contributed by atoms with van der Waals surface area (Å²) in [7, 11) is 1.73. The van der Waals surface area contributed by atoms with E-state index in [1.807, 2.05) is 43.6 Å². The van der Waals surface area contributed by atoms with Gasteiger partial charge in [0, 0.05) is 30.4 Å². The smallest absolute Gasteiger partial charge is 0.256 e. The molecule has 2 heterocycles. The van der Waals surface area contributed by atoms with Gasteiger partial charge in [0.25, 0.3) is 11.8 Å². The Labute approximate surface area is 197 Å². The number of carbonyl (C=O) groups excluding carboxylic acids is 2. The summed E-state index contributed by atoms with van der Waals surface area (Å²) in [6, 6.07) is 14.7. The van der Waals surface area contributed by atoms with Crippen molar-refractivity contribution in [2.75, 3.05) is 12.4 Å². The lowest BCUT2D eigenvalue weighted by atomic mass is 10.1. The third kappa shape index (κ3) is 4.31. The Kier molecular flexibility index (Phi) is 5.88. The molecule has 0 saturated heterocycles. The minimum atomic E-state index is -0.237. The van der Waals surface area contributed by atoms with Crippen LogP contribution in [0.4, 0.5) is 5.69 Å². The van der Waals surface area contributed by atoms with Gasteiger partial charge in [0.2, 0.25) is 0 Å². The van der Waals surface area contributed by atoms with Crippen LogP contribution in [0.1, 0.15) is 63.9 Å². The summed E-state index contributed by atoms with van der Waals surface area (Å²) in [5, 5.41) is 6.84. The minimum absolute atomic E-state index is 0.172. The number of benzene rings is 2. The molecule has 0 spiro atoms. The van der Waals surface area contributed by atoms with Crippen molar-refractivity contribution in [3.8, 4) is 0 Å². The predicted molar refractivity (Wildman–Crippen MR) is 129 cm³/mol. The molecule has 174 valence electrons. The second-order valence-corrected chi connectivity index (χ2v) is 8.90. The topological polar surface area (TPSA) is 93.3 Å². The van der Waals surface area contributed by atoms with E-state index in [1.54, 1.807) is 30.1 Å². The third-order valence-electron chi connectivity index (χ3n) is 6.33. The van der Waals surface area contributed by atoms with E-state index >= 15 is 0 Å². The first kappa shape index (κ1) is 21.9. The van der Waals surface area contributed by atoms with Crippen molar-refractivity contribution in [3.05, 3.63) is 77.4 Å². The molecule has 8 heteroatoms. The molecule has 1 N–H and O–H groups in total. The van der Waals surface area contributed by atoms with Crippen LogP contribution in [0.2, 0.25) is 0 Å². The van der Waals surface area contributed by atoms with E-state index in [1.165, 1.54) is 12.8 Å². The van der Waals surface area contributed by atoms with Gasteiger partial charge >= 0.3 is 0 Å². The minimum Gasteiger partial charge on any atom is -0.359 e. The lowest BCUT2D eigenvalue weighted by Gasteiger charge is -2.19. The molecule has 4 aromatic rings. The SMILES string of the molecule is Cc1cc(CN(C)C(=O)c2cc(NC(=O)c3ccccc3)cc3ncn(C4CCCC4)c23)on1. The van der Waals surface area contributed by atoms with Gasteiger partial charge in [-0.2, -0.15) is 0 Å². The summed E-state index contributed by atoms with van der Waals surface area (Å²) in [5.41, 5.74) is 3.84. The Balaban J connectivity index is 1.52. The molecular formula is C26H27N5O3. The van der Waals surface area contributed by atoms with Gasteiger partial charge in [-0.3, -0.25) is 9.59 Å². The van der Waals surface area contributed by atoms with Crippen molar-refractivity contribution in [2.24, 2.45) is 0 Å². The number of aromatic nitrogens is 3. The molecule has 1 saturated carbocycles. The highest BCUT2D eigenvalue weighted by molar-refractivity contribution is 6.09. The zero-order valence-corrected chi connectivity index (χ0v) is 19.3. The fourth-order valence-electron chi connectivity index (χ4n) is 4.66. The van der Waals surface area contributed by atoms with Gasteiger partial charge in [-0.25, -0.2) is 4.98 Å². The van der Waals surface area contributed by atoms with E-state index < -0.39 is 0 Å². The van der Waals surface area contributed by atoms with Crippen molar-refractivity contribution in [1.29, 1.82) is 0 Å². The van der Waals surface area contributed by atoms with Crippen molar-refractivity contribution >= 4 is 28.5 Å². The van der Waals surface area contributed by atoms with Crippen LogP contribution in [0.3, 0.4) is 0 Å². The zero-order chi connectivity index (χ0) is 23.7. The van der Waals surface area contributed by atoms with Gasteiger partial charge in [0.15, 0.2) is 5.76 Å². The highest BCUT2D eigenvalue weighted by Crippen LogP contribution is 2.34. The van der Waals surface area contributed by atoms with Crippen molar-refractivity contribution in [3.63, 3.8) is 0 Å². The first-order valence-corrected chi connectivity index (χ1v) is 11.5. The number of hydrogen-bond donors (Lipinski definition) is 1. The maximum atomic E-state index is 13.7. The van der Waals surface area contributed by atoms with Crippen LogP contribution < -0.4 is 5.32 Å². The van der Waals surface area contributed by atoms with Crippen molar-refractivity contribution < 1.29 is 14.1 Å². The molecule has 1 fully saturated rings. The summed E-state index contributed by atoms with van der Waals surface area (Å²) in [6.45, 7) is 2.14. The van der Waals surface area contributed by atoms with Crippen molar-refractivity contribution in [2.45, 2.75) is 45.2 Å². The second kappa shape index (κ2) is 9.13. The van der Waals surface area contributed by atoms with E-state index in [4.69, 9.17) is 4.52 Å². The number of anilines is 1. The highest BCUT2D eigenvalue weighted by Gasteiger charge is 2.25. The van der Waals surface area contributed by atoms with Gasteiger partial charge in [-0.15, -0.1) is 0 Å². The van der Waals surface area contributed by atoms with E-state index in [0.717, 1.165) is 24.1 Å². The molecule has 1 aliphatic rings. The van der Waals surface area contributed by atoms with E-state index in [2.05, 4.69) is 20.0 Å². The molecule has 2 amide bonds. The summed E-state index contributed by atoms with van der Waals surface area (Å²) >= 11 is 0. The molecule has 0 aliphatic heterocycles. The molecule has 0 radical (unpaired) electrons. The fourth-order valence-corrected chi connectivity index (χ4v) is 4.66. The summed E-state index contributed by atoms with van der Waals surface area (Å²) < 4.78 is 7.44. The zero-order valence-electron chi connectivity index (χ0n) is 19.3. The lowest BCUT2D eigenvalue weighted by molar-refractivity contribution is 0.0773. The van der Waals surface area contributed by atoms with Crippen LogP contribution in [0.25, 0.3) is 11.0 Å². The van der Waals surface area contributed by atoms with E-state index in [-0.39, 0.29) is 11.8 Å². The second-order valence-electron chi connectivity index (χ2n) is 8.90. The molecular weight excluding hydrogens is 430 g/mol. The van der Waals surface area contributed by atoms with Crippen LogP contribution in [0.15, 0.2) is 59.4 Å². The van der Waals surface area contributed by atoms with Crippen LogP contribution in [0, 0.1) is 6.92 Å². The molecule has 8 nitrogen and oxygen atoms in total. The summed E-state index contributed by atoms with van der Waals surface area (Å²) in [4.78, 5) is 32.6. The molecule has 1 aliphatic carbocycles. The van der Waals surface area contributed by atoms with Crippen LogP contribution >= 0.6 is 0 Å². The van der Waals surface area contributed by atoms with Gasteiger partial charge in [-0.1, -0.05) is 36.2 Å². The monoisotopic (exact) mass is 457 g/mol. The number of imidazole rings is 1. The third-order valence-corrected chi connectivity index (χ3v) is 6.33. The standard InChI is InChI=1S/C26H27N5O3/c1-17-12-21(34-29-17)15-30(2)26(33)22-13-19(28-25(32)18-8-4-3-5-9-18)14-23-24(22)31(16-27-23)20-10-6-7-11-20/h3-5,8-9,12-14,16,20H,6-7,10-11,15H2,1-2H3,(H,28,32). The largest absolute Gasteiger partial charge is 0.359 e. The molecule has 34 heavy (non-hydrogen) atoms. The first-order chi connectivity index (χ1) is 16.5. The maximum absolute atomic E-state index is 13.7. The van der Waals surface area contributed by atoms with Gasteiger partial charge in [0.05, 0.1) is 35.2 Å². The Morgan fingerprint density at radius 1 is 1.15 bits per heavy atom. The number of fused-ring (bicyclic) bond motifs is 1. The Hall–Kier alpha value is -3.94. The summed E-state index contributed by atoms with van der Waals surface area (Å²) in [6.07, 6.45) is 6.30.